The second-order valence-corrected chi connectivity index (χ2v) is 11.5. The molecule has 0 aromatic heterocycles. The Morgan fingerprint density at radius 3 is 2.51 bits per heavy atom. The van der Waals surface area contributed by atoms with Crippen LogP contribution in [-0.2, 0) is 22.9 Å². The molecule has 3 nitrogen and oxygen atoms in total. The highest BCUT2D eigenvalue weighted by Gasteiger charge is 2.55. The smallest absolute Gasteiger partial charge is 0.352 e. The lowest BCUT2D eigenvalue weighted by molar-refractivity contribution is -0.137. The number of nitrogens with one attached hydrogen (secondary N) is 1. The summed E-state index contributed by atoms with van der Waals surface area (Å²) in [5.41, 5.74) is 1.50. The second-order valence-electron chi connectivity index (χ2n) is 11.5. The average Bonchev–Trinajstić information content (AvgIpc) is 3.55. The number of carbonyl (C=O) groups excluding carboxylic acids is 1. The molecule has 2 atom stereocenters. The highest BCUT2D eigenvalue weighted by Crippen LogP contribution is 2.56. The lowest BCUT2D eigenvalue weighted by Crippen LogP contribution is -2.47. The van der Waals surface area contributed by atoms with Crippen LogP contribution in [-0.4, -0.2) is 29.9 Å². The standard InChI is InChI=1S/C30H32F4N2O/c31-24-16-20(15-23(17-24)30(32,33)34)19-35-27(37)29(22-5-6-22)10-8-25(18-29)36-13-11-28(12-14-36)9-7-21-3-1-2-4-26(21)28/h1-4,7,9,15-17,22,25H,5-6,8,10-14,18-19H2,(H,35,37). The Hall–Kier alpha value is -2.67. The summed E-state index contributed by atoms with van der Waals surface area (Å²) in [4.78, 5) is 16.1. The fourth-order valence-corrected chi connectivity index (χ4v) is 7.19. The summed E-state index contributed by atoms with van der Waals surface area (Å²) in [5.74, 6) is -0.701. The van der Waals surface area contributed by atoms with E-state index in [2.05, 4.69) is 46.6 Å². The summed E-state index contributed by atoms with van der Waals surface area (Å²) >= 11 is 0. The molecule has 1 spiro atoms. The van der Waals surface area contributed by atoms with Crippen molar-refractivity contribution in [3.05, 3.63) is 76.6 Å². The molecule has 1 aliphatic heterocycles. The van der Waals surface area contributed by atoms with Gasteiger partial charge in [-0.05, 0) is 98.8 Å². The van der Waals surface area contributed by atoms with Crippen molar-refractivity contribution in [2.24, 2.45) is 11.3 Å². The molecule has 2 saturated carbocycles. The summed E-state index contributed by atoms with van der Waals surface area (Å²) in [5, 5.41) is 2.88. The first kappa shape index (κ1) is 24.7. The minimum Gasteiger partial charge on any atom is -0.352 e. The first-order valence-corrected chi connectivity index (χ1v) is 13.4. The van der Waals surface area contributed by atoms with Crippen LogP contribution in [0.3, 0.4) is 0 Å². The lowest BCUT2D eigenvalue weighted by atomic mass is 9.74. The molecule has 37 heavy (non-hydrogen) atoms. The summed E-state index contributed by atoms with van der Waals surface area (Å²) in [6.07, 6.45) is 6.73. The lowest BCUT2D eigenvalue weighted by Gasteiger charge is -2.42. The maximum absolute atomic E-state index is 13.8. The highest BCUT2D eigenvalue weighted by atomic mass is 19.4. The molecule has 1 saturated heterocycles. The third kappa shape index (κ3) is 4.49. The molecule has 7 heteroatoms. The molecule has 2 aromatic rings. The predicted molar refractivity (Wildman–Crippen MR) is 134 cm³/mol. The highest BCUT2D eigenvalue weighted by molar-refractivity contribution is 5.84. The Morgan fingerprint density at radius 2 is 1.78 bits per heavy atom. The Kier molecular flexibility index (Phi) is 5.98. The SMILES string of the molecule is O=C(NCc1cc(F)cc(C(F)(F)F)c1)C1(C2CC2)CCC(N2CCC3(C=Cc4ccccc43)CC2)C1. The number of halogens is 4. The molecule has 3 fully saturated rings. The number of likely N-dealkylation sites (tertiary alicyclic amines) is 1. The summed E-state index contributed by atoms with van der Waals surface area (Å²) in [6, 6.07) is 11.4. The van der Waals surface area contributed by atoms with Crippen LogP contribution >= 0.6 is 0 Å². The van der Waals surface area contributed by atoms with Gasteiger partial charge in [-0.3, -0.25) is 4.79 Å². The van der Waals surface area contributed by atoms with Crippen LogP contribution < -0.4 is 5.32 Å². The van der Waals surface area contributed by atoms with E-state index in [-0.39, 0.29) is 23.4 Å². The Labute approximate surface area is 214 Å². The molecule has 1 N–H and O–H groups in total. The van der Waals surface area contributed by atoms with Crippen molar-refractivity contribution >= 4 is 12.0 Å². The van der Waals surface area contributed by atoms with Gasteiger partial charge in [0.15, 0.2) is 0 Å². The van der Waals surface area contributed by atoms with E-state index >= 15 is 0 Å². The minimum atomic E-state index is -4.63. The number of allylic oxidation sites excluding steroid dienone is 1. The van der Waals surface area contributed by atoms with E-state index < -0.39 is 23.0 Å². The first-order chi connectivity index (χ1) is 17.7. The molecule has 6 rings (SSSR count). The van der Waals surface area contributed by atoms with E-state index in [1.54, 1.807) is 0 Å². The summed E-state index contributed by atoms with van der Waals surface area (Å²) in [7, 11) is 0. The first-order valence-electron chi connectivity index (χ1n) is 13.4. The maximum atomic E-state index is 13.8. The number of piperidine rings is 1. The van der Waals surface area contributed by atoms with Gasteiger partial charge in [-0.2, -0.15) is 13.2 Å². The zero-order valence-corrected chi connectivity index (χ0v) is 20.8. The molecule has 4 aliphatic rings. The molecule has 0 radical (unpaired) electrons. The quantitative estimate of drug-likeness (QED) is 0.466. The van der Waals surface area contributed by atoms with E-state index in [0.717, 1.165) is 70.2 Å². The number of alkyl halides is 3. The number of fused-ring (bicyclic) bond motifs is 2. The van der Waals surface area contributed by atoms with E-state index in [1.165, 1.54) is 11.1 Å². The van der Waals surface area contributed by atoms with E-state index in [1.807, 2.05) is 0 Å². The van der Waals surface area contributed by atoms with Gasteiger partial charge in [0.2, 0.25) is 5.91 Å². The van der Waals surface area contributed by atoms with Gasteiger partial charge in [0.1, 0.15) is 5.82 Å². The largest absolute Gasteiger partial charge is 0.416 e. The third-order valence-electron chi connectivity index (χ3n) is 9.36. The van der Waals surface area contributed by atoms with Gasteiger partial charge in [0, 0.05) is 18.0 Å². The number of hydrogen-bond acceptors (Lipinski definition) is 2. The predicted octanol–water partition coefficient (Wildman–Crippen LogP) is 6.47. The van der Waals surface area contributed by atoms with Crippen molar-refractivity contribution in [2.45, 2.75) is 69.1 Å². The Bertz CT molecular complexity index is 1230. The number of benzene rings is 2. The molecule has 2 aromatic carbocycles. The van der Waals surface area contributed by atoms with Gasteiger partial charge < -0.3 is 10.2 Å². The average molecular weight is 513 g/mol. The van der Waals surface area contributed by atoms with Crippen molar-refractivity contribution in [1.29, 1.82) is 0 Å². The van der Waals surface area contributed by atoms with Crippen LogP contribution in [0, 0.1) is 17.2 Å². The molecule has 196 valence electrons. The van der Waals surface area contributed by atoms with Crippen LogP contribution in [0.1, 0.15) is 67.2 Å². The molecule has 0 bridgehead atoms. The Morgan fingerprint density at radius 1 is 1.03 bits per heavy atom. The van der Waals surface area contributed by atoms with Crippen LogP contribution in [0.2, 0.25) is 0 Å². The van der Waals surface area contributed by atoms with Gasteiger partial charge in [0.25, 0.3) is 0 Å². The zero-order valence-electron chi connectivity index (χ0n) is 20.8. The zero-order chi connectivity index (χ0) is 25.8. The van der Waals surface area contributed by atoms with Crippen LogP contribution in [0.15, 0.2) is 48.5 Å². The molecule has 2 unspecified atom stereocenters. The third-order valence-corrected chi connectivity index (χ3v) is 9.36. The van der Waals surface area contributed by atoms with E-state index in [4.69, 9.17) is 0 Å². The van der Waals surface area contributed by atoms with Gasteiger partial charge >= 0.3 is 6.18 Å². The fourth-order valence-electron chi connectivity index (χ4n) is 7.19. The molecular formula is C30H32F4N2O. The van der Waals surface area contributed by atoms with Gasteiger partial charge in [-0.15, -0.1) is 0 Å². The Balaban J connectivity index is 1.11. The maximum Gasteiger partial charge on any atom is 0.416 e. The van der Waals surface area contributed by atoms with E-state index in [9.17, 15) is 22.4 Å². The fraction of sp³-hybridized carbons (Fsp3) is 0.500. The molecular weight excluding hydrogens is 480 g/mol. The van der Waals surface area contributed by atoms with Crippen molar-refractivity contribution in [2.75, 3.05) is 13.1 Å². The van der Waals surface area contributed by atoms with Crippen LogP contribution in [0.5, 0.6) is 0 Å². The van der Waals surface area contributed by atoms with Gasteiger partial charge in [-0.25, -0.2) is 4.39 Å². The van der Waals surface area contributed by atoms with Crippen LogP contribution in [0.4, 0.5) is 17.6 Å². The van der Waals surface area contributed by atoms with E-state index in [0.29, 0.717) is 18.0 Å². The number of hydrogen-bond donors (Lipinski definition) is 1. The molecule has 1 heterocycles. The van der Waals surface area contributed by atoms with Crippen molar-refractivity contribution in [3.8, 4) is 0 Å². The number of nitrogens with zero attached hydrogens (tertiary/aromatic N) is 1. The normalized spacial score (nSPS) is 27.0. The minimum absolute atomic E-state index is 0.0866. The van der Waals surface area contributed by atoms with Gasteiger partial charge in [-0.1, -0.05) is 36.4 Å². The summed E-state index contributed by atoms with van der Waals surface area (Å²) < 4.78 is 53.1. The molecule has 3 aliphatic carbocycles. The summed E-state index contributed by atoms with van der Waals surface area (Å²) in [6.45, 7) is 1.89. The number of rotatable bonds is 5. The number of amides is 1. The topological polar surface area (TPSA) is 32.3 Å². The number of carbonyl (C=O) groups is 1. The monoisotopic (exact) mass is 512 g/mol. The van der Waals surface area contributed by atoms with Crippen molar-refractivity contribution in [1.82, 2.24) is 10.2 Å². The van der Waals surface area contributed by atoms with Gasteiger partial charge in [0.05, 0.1) is 11.0 Å². The van der Waals surface area contributed by atoms with Crippen LogP contribution in [0.25, 0.3) is 6.08 Å². The van der Waals surface area contributed by atoms with Crippen molar-refractivity contribution < 1.29 is 22.4 Å². The second kappa shape index (κ2) is 8.97. The molecule has 1 amide bonds. The van der Waals surface area contributed by atoms with Crippen molar-refractivity contribution in [3.63, 3.8) is 0 Å².